The van der Waals surface area contributed by atoms with Crippen molar-refractivity contribution >= 4 is 42.2 Å². The minimum atomic E-state index is -0.508. The van der Waals surface area contributed by atoms with Gasteiger partial charge in [0.15, 0.2) is 0 Å². The molecule has 478 valence electrons. The summed E-state index contributed by atoms with van der Waals surface area (Å²) in [5.41, 5.74) is 10.5. The lowest BCUT2D eigenvalue weighted by Crippen LogP contribution is -2.26. The van der Waals surface area contributed by atoms with E-state index >= 15 is 0 Å². The molecule has 0 saturated heterocycles. The first kappa shape index (κ1) is 68.5. The second kappa shape index (κ2) is 39.1. The number of hydrogen-bond donors (Lipinski definition) is 6. The summed E-state index contributed by atoms with van der Waals surface area (Å²) < 4.78 is 26.9. The number of carbonyl (C=O) groups excluding carboxylic acids is 7. The molecule has 7 aromatic carbocycles. The highest BCUT2D eigenvalue weighted by Gasteiger charge is 2.16. The molecule has 0 aliphatic rings. The topological polar surface area (TPSA) is 238 Å². The monoisotopic (exact) mass is 1240 g/mol. The maximum atomic E-state index is 13.8. The van der Waals surface area contributed by atoms with Crippen LogP contribution in [0.1, 0.15) is 132 Å². The minimum Gasteiger partial charge on any atom is -0.462 e. The third-order valence-corrected chi connectivity index (χ3v) is 14.5. The molecule has 18 nitrogen and oxygen atoms in total. The Morgan fingerprint density at radius 3 is 0.747 bits per heavy atom. The molecule has 0 aliphatic carbocycles. The van der Waals surface area contributed by atoms with Crippen molar-refractivity contribution < 1.29 is 57.2 Å². The average molecular weight is 1240 g/mol. The smallest absolute Gasteiger partial charge is 0.407 e. The molecular formula is C73H84N6O12. The first-order valence-corrected chi connectivity index (χ1v) is 31.3. The van der Waals surface area contributed by atoms with Gasteiger partial charge in [-0.05, 0) is 176 Å². The van der Waals surface area contributed by atoms with Crippen LogP contribution in [0.25, 0.3) is 0 Å². The lowest BCUT2D eigenvalue weighted by Gasteiger charge is -2.13. The van der Waals surface area contributed by atoms with E-state index in [0.717, 1.165) is 55.6 Å². The molecule has 0 heterocycles. The number of nitrogens with one attached hydrogen (secondary N) is 6. The van der Waals surface area contributed by atoms with Crippen molar-refractivity contribution in [2.24, 2.45) is 0 Å². The van der Waals surface area contributed by atoms with E-state index in [1.165, 1.54) is 0 Å². The van der Waals surface area contributed by atoms with Crippen LogP contribution >= 0.6 is 0 Å². The molecule has 0 saturated carbocycles. The van der Waals surface area contributed by atoms with Gasteiger partial charge in [0.1, 0.15) is 26.4 Å². The van der Waals surface area contributed by atoms with E-state index in [1.54, 1.807) is 6.92 Å². The van der Waals surface area contributed by atoms with Crippen LogP contribution in [-0.2, 0) is 88.6 Å². The predicted octanol–water partition coefficient (Wildman–Crippen LogP) is 12.0. The van der Waals surface area contributed by atoms with E-state index in [2.05, 4.69) is 31.9 Å². The summed E-state index contributed by atoms with van der Waals surface area (Å²) in [5, 5.41) is 17.4. The van der Waals surface area contributed by atoms with Crippen molar-refractivity contribution in [3.63, 3.8) is 0 Å². The zero-order valence-electron chi connectivity index (χ0n) is 51.9. The van der Waals surface area contributed by atoms with Crippen molar-refractivity contribution in [3.05, 3.63) is 248 Å². The molecule has 0 bridgehead atoms. The van der Waals surface area contributed by atoms with E-state index < -0.39 is 30.3 Å². The number of alkyl carbamates (subject to hydrolysis) is 4. The van der Waals surface area contributed by atoms with Crippen LogP contribution in [-0.4, -0.2) is 88.0 Å². The van der Waals surface area contributed by atoms with E-state index in [1.807, 2.05) is 176 Å². The van der Waals surface area contributed by atoms with Gasteiger partial charge in [-0.1, -0.05) is 140 Å². The first-order valence-electron chi connectivity index (χ1n) is 31.3. The SMILES string of the molecule is CCOC(=O)c1cc(CCCNC(=O)c2cc(CCCNC(=O)OCc3ccccc3)cc(CCCNC(=O)OCc3ccccc3)c2)cc(CCCNC(=O)c2cc(CCCNC(=O)OCc3ccccc3)cc(CCCNC(=O)OCc3ccccc3)c2)c1. The van der Waals surface area contributed by atoms with Crippen LogP contribution in [0.2, 0.25) is 0 Å². The van der Waals surface area contributed by atoms with Crippen molar-refractivity contribution in [1.29, 1.82) is 0 Å². The maximum absolute atomic E-state index is 13.8. The molecule has 0 aliphatic heterocycles. The minimum absolute atomic E-state index is 0.166. The molecule has 0 atom stereocenters. The third-order valence-electron chi connectivity index (χ3n) is 14.5. The van der Waals surface area contributed by atoms with Crippen LogP contribution in [0.5, 0.6) is 0 Å². The quantitative estimate of drug-likeness (QED) is 0.0122. The molecule has 6 N–H and O–H groups in total. The number of hydrogen-bond acceptors (Lipinski definition) is 12. The largest absolute Gasteiger partial charge is 0.462 e. The number of rotatable bonds is 36. The number of amides is 6. The Hall–Kier alpha value is -9.97. The van der Waals surface area contributed by atoms with Gasteiger partial charge < -0.3 is 55.6 Å². The van der Waals surface area contributed by atoms with Gasteiger partial charge in [0.2, 0.25) is 0 Å². The molecule has 7 rings (SSSR count). The molecule has 0 radical (unpaired) electrons. The Morgan fingerprint density at radius 2 is 0.505 bits per heavy atom. The maximum Gasteiger partial charge on any atom is 0.407 e. The highest BCUT2D eigenvalue weighted by atomic mass is 16.6. The zero-order valence-corrected chi connectivity index (χ0v) is 51.9. The summed E-state index contributed by atoms with van der Waals surface area (Å²) >= 11 is 0. The van der Waals surface area contributed by atoms with E-state index in [9.17, 15) is 33.6 Å². The molecule has 7 aromatic rings. The normalized spacial score (nSPS) is 10.7. The number of esters is 1. The summed E-state index contributed by atoms with van der Waals surface area (Å²) in [6, 6.07) is 55.0. The Morgan fingerprint density at radius 1 is 0.275 bits per heavy atom. The number of carbonyl (C=O) groups is 7. The van der Waals surface area contributed by atoms with Gasteiger partial charge in [0.25, 0.3) is 11.8 Å². The standard InChI is InChI=1S/C73H84N6O12/c1-2-87-69(82)66-48-62(29-15-35-74-67(80)64-44-58(31-17-37-76-70(83)88-50-54-21-7-3-8-22-54)41-59(45-64)32-18-38-77-71(84)89-51-55-23-9-4-10-24-55)43-63(49-66)30-16-36-75-68(81)65-46-60(33-19-39-78-72(85)90-52-56-25-11-5-12-26-56)42-61(47-65)34-20-40-79-73(86)91-53-57-27-13-6-14-28-57/h3-14,21-28,41-49H,2,15-20,29-40,50-53H2,1H3,(H,74,80)(H,75,81)(H,76,83)(H,77,84)(H,78,85)(H,79,86). The van der Waals surface area contributed by atoms with Gasteiger partial charge >= 0.3 is 30.3 Å². The summed E-state index contributed by atoms with van der Waals surface area (Å²) in [7, 11) is 0. The average Bonchev–Trinajstić information content (AvgIpc) is 1.76. The Labute approximate surface area is 533 Å². The highest BCUT2D eigenvalue weighted by Crippen LogP contribution is 2.19. The lowest BCUT2D eigenvalue weighted by molar-refractivity contribution is 0.0525. The number of ether oxygens (including phenoxy) is 5. The fourth-order valence-corrected chi connectivity index (χ4v) is 9.97. The van der Waals surface area contributed by atoms with E-state index in [0.29, 0.717) is 133 Å². The Bertz CT molecular complexity index is 3030. The zero-order chi connectivity index (χ0) is 64.1. The van der Waals surface area contributed by atoms with Crippen LogP contribution in [0.4, 0.5) is 19.2 Å². The molecular weight excluding hydrogens is 1150 g/mol. The van der Waals surface area contributed by atoms with Crippen LogP contribution in [0, 0.1) is 0 Å². The molecule has 0 fully saturated rings. The van der Waals surface area contributed by atoms with Crippen molar-refractivity contribution in [1.82, 2.24) is 31.9 Å². The fourth-order valence-electron chi connectivity index (χ4n) is 9.97. The molecule has 18 heteroatoms. The fraction of sp³-hybridized carbons (Fsp3) is 0.329. The van der Waals surface area contributed by atoms with Gasteiger partial charge in [-0.2, -0.15) is 0 Å². The molecule has 0 spiro atoms. The van der Waals surface area contributed by atoms with Crippen molar-refractivity contribution in [2.75, 3.05) is 45.9 Å². The number of aryl methyl sites for hydroxylation is 6. The summed E-state index contributed by atoms with van der Waals surface area (Å²) in [6.45, 7) is 4.85. The molecule has 91 heavy (non-hydrogen) atoms. The van der Waals surface area contributed by atoms with Crippen LogP contribution < -0.4 is 31.9 Å². The lowest BCUT2D eigenvalue weighted by atomic mass is 9.98. The number of benzene rings is 7. The van der Waals surface area contributed by atoms with E-state index in [-0.39, 0.29) is 44.8 Å². The predicted molar refractivity (Wildman–Crippen MR) is 348 cm³/mol. The summed E-state index contributed by atoms with van der Waals surface area (Å²) in [4.78, 5) is 90.5. The van der Waals surface area contributed by atoms with Gasteiger partial charge in [-0.15, -0.1) is 0 Å². The Balaban J connectivity index is 0.906. The van der Waals surface area contributed by atoms with E-state index in [4.69, 9.17) is 23.7 Å². The van der Waals surface area contributed by atoms with Crippen molar-refractivity contribution in [2.45, 2.75) is 110 Å². The Kier molecular flexibility index (Phi) is 29.5. The van der Waals surface area contributed by atoms with Gasteiger partial charge in [0.05, 0.1) is 12.2 Å². The van der Waals surface area contributed by atoms with Gasteiger partial charge in [-0.25, -0.2) is 24.0 Å². The van der Waals surface area contributed by atoms with Crippen LogP contribution in [0.3, 0.4) is 0 Å². The highest BCUT2D eigenvalue weighted by molar-refractivity contribution is 5.95. The second-order valence-corrected chi connectivity index (χ2v) is 21.9. The summed E-state index contributed by atoms with van der Waals surface area (Å²) in [5.74, 6) is -0.915. The molecule has 0 aromatic heterocycles. The second-order valence-electron chi connectivity index (χ2n) is 21.9. The van der Waals surface area contributed by atoms with Crippen molar-refractivity contribution in [3.8, 4) is 0 Å². The first-order chi connectivity index (χ1) is 44.4. The van der Waals surface area contributed by atoms with Gasteiger partial charge in [-0.3, -0.25) is 9.59 Å². The van der Waals surface area contributed by atoms with Crippen LogP contribution in [0.15, 0.2) is 176 Å². The molecule has 6 amide bonds. The van der Waals surface area contributed by atoms with Gasteiger partial charge in [0, 0.05) is 50.4 Å². The third kappa shape index (κ3) is 26.7. The molecule has 0 unspecified atom stereocenters. The summed E-state index contributed by atoms with van der Waals surface area (Å²) in [6.07, 6.45) is 5.03.